The molecule has 0 aromatic carbocycles. The third kappa shape index (κ3) is 2.32. The minimum absolute atomic E-state index is 0.178. The largest absolute Gasteiger partial charge is 0.493 e. The number of nitrogens with zero attached hydrogens (tertiary/aromatic N) is 3. The topological polar surface area (TPSA) is 67.1 Å². The molecule has 3 rings (SSSR count). The van der Waals surface area contributed by atoms with Gasteiger partial charge in [0.05, 0.1) is 18.8 Å². The number of hydrogen-bond acceptors (Lipinski definition) is 5. The summed E-state index contributed by atoms with van der Waals surface area (Å²) in [6.45, 7) is 3.23. The van der Waals surface area contributed by atoms with Gasteiger partial charge >= 0.3 is 0 Å². The molecular formula is C13H15N3O3. The van der Waals surface area contributed by atoms with Crippen LogP contribution in [0.25, 0.3) is 5.65 Å². The van der Waals surface area contributed by atoms with Gasteiger partial charge in [-0.2, -0.15) is 4.98 Å². The van der Waals surface area contributed by atoms with Gasteiger partial charge in [0.1, 0.15) is 5.65 Å². The zero-order chi connectivity index (χ0) is 13.2. The molecule has 0 saturated carbocycles. The lowest BCUT2D eigenvalue weighted by molar-refractivity contribution is 0.0336. The van der Waals surface area contributed by atoms with E-state index in [1.54, 1.807) is 24.4 Å². The fraction of sp³-hybridized carbons (Fsp3) is 0.385. The Labute approximate surface area is 109 Å². The average molecular weight is 261 g/mol. The summed E-state index contributed by atoms with van der Waals surface area (Å²) >= 11 is 0. The molecule has 1 N–H and O–H groups in total. The van der Waals surface area contributed by atoms with Gasteiger partial charge in [-0.15, -0.1) is 0 Å². The second-order valence-corrected chi connectivity index (χ2v) is 4.54. The molecule has 0 aliphatic carbocycles. The van der Waals surface area contributed by atoms with Crippen LogP contribution in [0.5, 0.6) is 5.88 Å². The van der Waals surface area contributed by atoms with Crippen molar-refractivity contribution in [2.24, 2.45) is 0 Å². The van der Waals surface area contributed by atoms with Crippen molar-refractivity contribution in [2.75, 3.05) is 26.3 Å². The molecule has 0 atom stereocenters. The van der Waals surface area contributed by atoms with Gasteiger partial charge in [-0.05, 0) is 12.1 Å². The fourth-order valence-electron chi connectivity index (χ4n) is 2.24. The van der Waals surface area contributed by atoms with Crippen LogP contribution >= 0.6 is 0 Å². The molecular weight excluding hydrogens is 246 g/mol. The van der Waals surface area contributed by atoms with Gasteiger partial charge in [0.2, 0.25) is 5.88 Å². The van der Waals surface area contributed by atoms with Crippen LogP contribution in [0, 0.1) is 0 Å². The zero-order valence-electron chi connectivity index (χ0n) is 10.5. The van der Waals surface area contributed by atoms with E-state index in [0.29, 0.717) is 31.0 Å². The van der Waals surface area contributed by atoms with Crippen molar-refractivity contribution in [1.29, 1.82) is 0 Å². The molecule has 2 aromatic heterocycles. The maximum absolute atomic E-state index is 12.3. The van der Waals surface area contributed by atoms with Crippen LogP contribution in [-0.2, 0) is 11.3 Å². The first-order valence-electron chi connectivity index (χ1n) is 6.25. The number of aromatic nitrogens is 2. The molecule has 3 heterocycles. The highest BCUT2D eigenvalue weighted by atomic mass is 16.5. The van der Waals surface area contributed by atoms with Crippen molar-refractivity contribution in [3.63, 3.8) is 0 Å². The van der Waals surface area contributed by atoms with Crippen LogP contribution < -0.4 is 5.56 Å². The Morgan fingerprint density at radius 3 is 2.89 bits per heavy atom. The third-order valence-electron chi connectivity index (χ3n) is 3.29. The molecule has 1 saturated heterocycles. The van der Waals surface area contributed by atoms with Crippen molar-refractivity contribution >= 4 is 5.65 Å². The number of ether oxygens (including phenoxy) is 1. The maximum atomic E-state index is 12.3. The number of hydrogen-bond donors (Lipinski definition) is 1. The number of fused-ring (bicyclic) bond motifs is 1. The maximum Gasteiger partial charge on any atom is 0.266 e. The van der Waals surface area contributed by atoms with Crippen molar-refractivity contribution in [2.45, 2.75) is 6.54 Å². The van der Waals surface area contributed by atoms with E-state index in [0.717, 1.165) is 13.1 Å². The number of aromatic hydroxyl groups is 1. The van der Waals surface area contributed by atoms with Crippen LogP contribution in [0.15, 0.2) is 29.2 Å². The summed E-state index contributed by atoms with van der Waals surface area (Å²) in [4.78, 5) is 18.5. The molecule has 19 heavy (non-hydrogen) atoms. The summed E-state index contributed by atoms with van der Waals surface area (Å²) < 4.78 is 6.72. The van der Waals surface area contributed by atoms with Crippen molar-refractivity contribution in [1.82, 2.24) is 14.3 Å². The van der Waals surface area contributed by atoms with E-state index in [1.165, 1.54) is 4.40 Å². The van der Waals surface area contributed by atoms with E-state index in [2.05, 4.69) is 9.88 Å². The van der Waals surface area contributed by atoms with Crippen LogP contribution in [0.1, 0.15) is 5.56 Å². The predicted molar refractivity (Wildman–Crippen MR) is 69.2 cm³/mol. The zero-order valence-corrected chi connectivity index (χ0v) is 10.5. The van der Waals surface area contributed by atoms with E-state index in [1.807, 2.05) is 0 Å². The second-order valence-electron chi connectivity index (χ2n) is 4.54. The molecule has 6 heteroatoms. The summed E-state index contributed by atoms with van der Waals surface area (Å²) in [5.74, 6) is -0.178. The first kappa shape index (κ1) is 12.1. The van der Waals surface area contributed by atoms with Gasteiger partial charge < -0.3 is 9.84 Å². The van der Waals surface area contributed by atoms with Crippen molar-refractivity contribution in [3.8, 4) is 5.88 Å². The third-order valence-corrected chi connectivity index (χ3v) is 3.29. The summed E-state index contributed by atoms with van der Waals surface area (Å²) in [5.41, 5.74) is 0.580. The summed E-state index contributed by atoms with van der Waals surface area (Å²) in [5, 5.41) is 9.94. The Hall–Kier alpha value is -1.92. The standard InChI is InChI=1S/C13H15N3O3/c17-12-10(9-15-5-7-19-8-6-15)13(18)16-4-2-1-3-11(16)14-12/h1-4,17H,5-9H2. The summed E-state index contributed by atoms with van der Waals surface area (Å²) in [6.07, 6.45) is 1.66. The fourth-order valence-corrected chi connectivity index (χ4v) is 2.24. The quantitative estimate of drug-likeness (QED) is 0.838. The molecule has 6 nitrogen and oxygen atoms in total. The highest BCUT2D eigenvalue weighted by Gasteiger charge is 2.17. The number of morpholine rings is 1. The van der Waals surface area contributed by atoms with Crippen LogP contribution in [0.2, 0.25) is 0 Å². The minimum atomic E-state index is -0.213. The molecule has 0 bridgehead atoms. The highest BCUT2D eigenvalue weighted by molar-refractivity contribution is 5.42. The van der Waals surface area contributed by atoms with Gasteiger partial charge in [-0.3, -0.25) is 14.1 Å². The number of rotatable bonds is 2. The Balaban J connectivity index is 2.00. The lowest BCUT2D eigenvalue weighted by Crippen LogP contribution is -2.37. The molecule has 0 spiro atoms. The molecule has 0 unspecified atom stereocenters. The second kappa shape index (κ2) is 4.99. The van der Waals surface area contributed by atoms with Gasteiger partial charge in [-0.25, -0.2) is 0 Å². The Kier molecular flexibility index (Phi) is 3.18. The van der Waals surface area contributed by atoms with E-state index in [4.69, 9.17) is 4.74 Å². The highest BCUT2D eigenvalue weighted by Crippen LogP contribution is 2.14. The van der Waals surface area contributed by atoms with E-state index in [9.17, 15) is 9.90 Å². The summed E-state index contributed by atoms with van der Waals surface area (Å²) in [7, 11) is 0. The van der Waals surface area contributed by atoms with Gasteiger partial charge in [0.25, 0.3) is 5.56 Å². The molecule has 1 aliphatic rings. The van der Waals surface area contributed by atoms with Crippen LogP contribution in [0.4, 0.5) is 0 Å². The monoisotopic (exact) mass is 261 g/mol. The molecule has 1 fully saturated rings. The Morgan fingerprint density at radius 2 is 2.11 bits per heavy atom. The molecule has 1 aliphatic heterocycles. The van der Waals surface area contributed by atoms with Crippen LogP contribution in [0.3, 0.4) is 0 Å². The smallest absolute Gasteiger partial charge is 0.266 e. The van der Waals surface area contributed by atoms with Gasteiger partial charge in [-0.1, -0.05) is 6.07 Å². The van der Waals surface area contributed by atoms with Crippen LogP contribution in [-0.4, -0.2) is 45.7 Å². The van der Waals surface area contributed by atoms with Crippen molar-refractivity contribution in [3.05, 3.63) is 40.3 Å². The lowest BCUT2D eigenvalue weighted by Gasteiger charge is -2.26. The van der Waals surface area contributed by atoms with Crippen molar-refractivity contribution < 1.29 is 9.84 Å². The lowest BCUT2D eigenvalue weighted by atomic mass is 10.2. The first-order valence-corrected chi connectivity index (χ1v) is 6.25. The molecule has 0 amide bonds. The number of pyridine rings is 1. The Morgan fingerprint density at radius 1 is 1.32 bits per heavy atom. The van der Waals surface area contributed by atoms with Gasteiger partial charge in [0.15, 0.2) is 0 Å². The minimum Gasteiger partial charge on any atom is -0.493 e. The molecule has 100 valence electrons. The van der Waals surface area contributed by atoms with E-state index >= 15 is 0 Å². The normalized spacial score (nSPS) is 16.8. The van der Waals surface area contributed by atoms with E-state index in [-0.39, 0.29) is 11.4 Å². The SMILES string of the molecule is O=c1c(CN2CCOCC2)c(O)nc2ccccn12. The average Bonchev–Trinajstić information content (AvgIpc) is 2.45. The molecule has 0 radical (unpaired) electrons. The molecule has 2 aromatic rings. The van der Waals surface area contributed by atoms with Gasteiger partial charge in [0, 0.05) is 25.8 Å². The predicted octanol–water partition coefficient (Wildman–Crippen LogP) is 0.232. The van der Waals surface area contributed by atoms with E-state index < -0.39 is 0 Å². The first-order chi connectivity index (χ1) is 9.25. The summed E-state index contributed by atoms with van der Waals surface area (Å²) in [6, 6.07) is 5.24. The Bertz CT molecular complexity index is 647.